The molecule has 1 aliphatic carbocycles. The van der Waals surface area contributed by atoms with E-state index in [1.807, 2.05) is 0 Å². The van der Waals surface area contributed by atoms with Crippen LogP contribution in [0.25, 0.3) is 0 Å². The van der Waals surface area contributed by atoms with Gasteiger partial charge in [0.25, 0.3) is 0 Å². The number of amides is 2. The number of unbranched alkanes of at least 4 members (excludes halogenated alkanes) is 2. The number of halogens is 4. The molecule has 0 saturated heterocycles. The zero-order chi connectivity index (χ0) is 18.6. The molecule has 0 spiro atoms. The van der Waals surface area contributed by atoms with Gasteiger partial charge in [0, 0.05) is 6.54 Å². The lowest BCUT2D eigenvalue weighted by Gasteiger charge is -2.11. The monoisotopic (exact) mass is 376 g/mol. The predicted molar refractivity (Wildman–Crippen MR) is 89.2 cm³/mol. The SMILES string of the molecule is CCCCCNC(=O)C1CC1C(=O)Nc1cc(C(F)(F)F)ccc1Cl. The van der Waals surface area contributed by atoms with Crippen molar-refractivity contribution in [2.75, 3.05) is 11.9 Å². The van der Waals surface area contributed by atoms with Gasteiger partial charge in [0.05, 0.1) is 28.1 Å². The maximum atomic E-state index is 12.7. The normalized spacial score (nSPS) is 19.4. The van der Waals surface area contributed by atoms with E-state index in [4.69, 9.17) is 11.6 Å². The minimum atomic E-state index is -4.52. The fraction of sp³-hybridized carbons (Fsp3) is 0.529. The molecule has 1 saturated carbocycles. The summed E-state index contributed by atoms with van der Waals surface area (Å²) in [5.41, 5.74) is -0.997. The number of rotatable bonds is 7. The van der Waals surface area contributed by atoms with Gasteiger partial charge in [0.1, 0.15) is 0 Å². The van der Waals surface area contributed by atoms with Gasteiger partial charge in [-0.15, -0.1) is 0 Å². The van der Waals surface area contributed by atoms with Crippen LogP contribution in [0.5, 0.6) is 0 Å². The molecule has 0 heterocycles. The van der Waals surface area contributed by atoms with Crippen LogP contribution >= 0.6 is 11.6 Å². The van der Waals surface area contributed by atoms with Gasteiger partial charge >= 0.3 is 6.18 Å². The van der Waals surface area contributed by atoms with Crippen molar-refractivity contribution in [1.29, 1.82) is 0 Å². The first kappa shape index (κ1) is 19.6. The average molecular weight is 377 g/mol. The number of nitrogens with one attached hydrogen (secondary N) is 2. The first-order chi connectivity index (χ1) is 11.7. The molecule has 2 unspecified atom stereocenters. The summed E-state index contributed by atoms with van der Waals surface area (Å²) in [6.07, 6.45) is -1.19. The summed E-state index contributed by atoms with van der Waals surface area (Å²) < 4.78 is 38.2. The van der Waals surface area contributed by atoms with Gasteiger partial charge in [-0.3, -0.25) is 9.59 Å². The van der Waals surface area contributed by atoms with Crippen LogP contribution in [0.4, 0.5) is 18.9 Å². The number of hydrogen-bond donors (Lipinski definition) is 2. The Bertz CT molecular complexity index is 649. The summed E-state index contributed by atoms with van der Waals surface area (Å²) >= 11 is 5.85. The van der Waals surface area contributed by atoms with E-state index in [0.29, 0.717) is 13.0 Å². The van der Waals surface area contributed by atoms with E-state index in [1.165, 1.54) is 0 Å². The lowest BCUT2D eigenvalue weighted by atomic mass is 10.2. The van der Waals surface area contributed by atoms with Crippen LogP contribution < -0.4 is 10.6 Å². The fourth-order valence-electron chi connectivity index (χ4n) is 2.52. The number of anilines is 1. The van der Waals surface area contributed by atoms with Crippen molar-refractivity contribution in [2.24, 2.45) is 11.8 Å². The Balaban J connectivity index is 1.90. The van der Waals surface area contributed by atoms with Crippen LogP contribution in [0.15, 0.2) is 18.2 Å². The zero-order valence-corrected chi connectivity index (χ0v) is 14.5. The minimum absolute atomic E-state index is 0.0163. The van der Waals surface area contributed by atoms with Crippen LogP contribution in [-0.2, 0) is 15.8 Å². The number of hydrogen-bond acceptors (Lipinski definition) is 2. The van der Waals surface area contributed by atoms with Crippen molar-refractivity contribution < 1.29 is 22.8 Å². The third kappa shape index (κ3) is 5.36. The van der Waals surface area contributed by atoms with Crippen LogP contribution in [0, 0.1) is 11.8 Å². The largest absolute Gasteiger partial charge is 0.416 e. The smallest absolute Gasteiger partial charge is 0.356 e. The third-order valence-electron chi connectivity index (χ3n) is 4.10. The number of carbonyl (C=O) groups excluding carboxylic acids is 2. The van der Waals surface area contributed by atoms with E-state index in [2.05, 4.69) is 17.6 Å². The molecular formula is C17H20ClF3N2O2. The molecule has 2 amide bonds. The summed E-state index contributed by atoms with van der Waals surface area (Å²) in [7, 11) is 0. The van der Waals surface area contributed by atoms with Crippen molar-refractivity contribution in [2.45, 2.75) is 38.8 Å². The molecule has 1 aromatic carbocycles. The highest BCUT2D eigenvalue weighted by molar-refractivity contribution is 6.33. The fourth-order valence-corrected chi connectivity index (χ4v) is 2.68. The molecule has 2 rings (SSSR count). The van der Waals surface area contributed by atoms with Gasteiger partial charge in [0.15, 0.2) is 0 Å². The Morgan fingerprint density at radius 2 is 1.88 bits per heavy atom. The van der Waals surface area contributed by atoms with E-state index in [9.17, 15) is 22.8 Å². The summed E-state index contributed by atoms with van der Waals surface area (Å²) in [5, 5.41) is 5.19. The standard InChI is InChI=1S/C17H20ClF3N2O2/c1-2-3-4-7-22-15(24)11-9-12(11)16(25)23-14-8-10(17(19,20)21)5-6-13(14)18/h5-6,8,11-12H,2-4,7,9H2,1H3,(H,22,24)(H,23,25). The van der Waals surface area contributed by atoms with Gasteiger partial charge < -0.3 is 10.6 Å². The molecule has 4 nitrogen and oxygen atoms in total. The summed E-state index contributed by atoms with van der Waals surface area (Å²) in [4.78, 5) is 24.1. The highest BCUT2D eigenvalue weighted by Gasteiger charge is 2.48. The first-order valence-electron chi connectivity index (χ1n) is 8.19. The predicted octanol–water partition coefficient (Wildman–Crippen LogP) is 4.24. The van der Waals surface area contributed by atoms with Crippen LogP contribution in [-0.4, -0.2) is 18.4 Å². The molecular weight excluding hydrogens is 357 g/mol. The van der Waals surface area contributed by atoms with Gasteiger partial charge in [-0.05, 0) is 31.0 Å². The Hall–Kier alpha value is -1.76. The molecule has 1 aliphatic rings. The van der Waals surface area contributed by atoms with E-state index in [0.717, 1.165) is 37.5 Å². The molecule has 138 valence electrons. The Morgan fingerprint density at radius 1 is 1.20 bits per heavy atom. The second-order valence-corrected chi connectivity index (χ2v) is 6.54. The maximum Gasteiger partial charge on any atom is 0.416 e. The molecule has 0 bridgehead atoms. The highest BCUT2D eigenvalue weighted by atomic mass is 35.5. The van der Waals surface area contributed by atoms with Gasteiger partial charge in [0.2, 0.25) is 11.8 Å². The molecule has 2 N–H and O–H groups in total. The molecule has 0 aromatic heterocycles. The van der Waals surface area contributed by atoms with E-state index < -0.39 is 29.5 Å². The van der Waals surface area contributed by atoms with Gasteiger partial charge in [-0.25, -0.2) is 0 Å². The molecule has 1 fully saturated rings. The Morgan fingerprint density at radius 3 is 2.52 bits per heavy atom. The van der Waals surface area contributed by atoms with E-state index >= 15 is 0 Å². The average Bonchev–Trinajstić information content (AvgIpc) is 3.33. The summed E-state index contributed by atoms with van der Waals surface area (Å²) in [6, 6.07) is 2.73. The van der Waals surface area contributed by atoms with Crippen LogP contribution in [0.2, 0.25) is 5.02 Å². The topological polar surface area (TPSA) is 58.2 Å². The molecule has 25 heavy (non-hydrogen) atoms. The van der Waals surface area contributed by atoms with E-state index in [1.54, 1.807) is 0 Å². The number of carbonyl (C=O) groups is 2. The van der Waals surface area contributed by atoms with Gasteiger partial charge in [-0.1, -0.05) is 31.4 Å². The van der Waals surface area contributed by atoms with Crippen molar-refractivity contribution in [3.8, 4) is 0 Å². The molecule has 0 aliphatic heterocycles. The molecule has 1 aromatic rings. The van der Waals surface area contributed by atoms with Gasteiger partial charge in [-0.2, -0.15) is 13.2 Å². The second kappa shape index (κ2) is 8.08. The Labute approximate surface area is 149 Å². The van der Waals surface area contributed by atoms with Crippen molar-refractivity contribution in [3.05, 3.63) is 28.8 Å². The quantitative estimate of drug-likeness (QED) is 0.699. The summed E-state index contributed by atoms with van der Waals surface area (Å²) in [5.74, 6) is -1.63. The van der Waals surface area contributed by atoms with Crippen molar-refractivity contribution in [1.82, 2.24) is 5.32 Å². The number of alkyl halides is 3. The highest BCUT2D eigenvalue weighted by Crippen LogP contribution is 2.40. The number of benzene rings is 1. The van der Waals surface area contributed by atoms with Crippen molar-refractivity contribution >= 4 is 29.1 Å². The van der Waals surface area contributed by atoms with Crippen LogP contribution in [0.1, 0.15) is 38.2 Å². The third-order valence-corrected chi connectivity index (χ3v) is 4.42. The zero-order valence-electron chi connectivity index (χ0n) is 13.8. The molecule has 2 atom stereocenters. The lowest BCUT2D eigenvalue weighted by molar-refractivity contribution is -0.137. The molecule has 0 radical (unpaired) electrons. The maximum absolute atomic E-state index is 12.7. The van der Waals surface area contributed by atoms with E-state index in [-0.39, 0.29) is 16.6 Å². The second-order valence-electron chi connectivity index (χ2n) is 6.13. The first-order valence-corrected chi connectivity index (χ1v) is 8.57. The Kier molecular flexibility index (Phi) is 6.32. The van der Waals surface area contributed by atoms with Crippen LogP contribution in [0.3, 0.4) is 0 Å². The summed E-state index contributed by atoms with van der Waals surface area (Å²) in [6.45, 7) is 2.62. The minimum Gasteiger partial charge on any atom is -0.356 e. The van der Waals surface area contributed by atoms with Crippen molar-refractivity contribution in [3.63, 3.8) is 0 Å². The lowest BCUT2D eigenvalue weighted by Crippen LogP contribution is -2.28. The molecule has 8 heteroatoms.